The van der Waals surface area contributed by atoms with Gasteiger partial charge >= 0.3 is 5.97 Å². The summed E-state index contributed by atoms with van der Waals surface area (Å²) >= 11 is 18.1. The second-order valence-corrected chi connectivity index (χ2v) is 19.7. The lowest BCUT2D eigenvalue weighted by atomic mass is 10.0. The third-order valence-corrected chi connectivity index (χ3v) is 12.0. The molecule has 0 unspecified atom stereocenters. The Labute approximate surface area is 435 Å². The van der Waals surface area contributed by atoms with E-state index < -0.39 is 5.97 Å². The van der Waals surface area contributed by atoms with Gasteiger partial charge in [-0.3, -0.25) is 4.79 Å². The lowest BCUT2D eigenvalue weighted by Crippen LogP contribution is -2.17. The Morgan fingerprint density at radius 2 is 1.15 bits per heavy atom. The van der Waals surface area contributed by atoms with Crippen molar-refractivity contribution in [3.63, 3.8) is 0 Å². The largest absolute Gasteiger partial charge is 0.478 e. The van der Waals surface area contributed by atoms with Crippen LogP contribution in [0, 0.1) is 0 Å². The van der Waals surface area contributed by atoms with E-state index in [-0.39, 0.29) is 29.9 Å². The zero-order valence-electron chi connectivity index (χ0n) is 41.6. The van der Waals surface area contributed by atoms with Crippen LogP contribution in [0.3, 0.4) is 0 Å². The maximum atomic E-state index is 12.6. The summed E-state index contributed by atoms with van der Waals surface area (Å²) in [6.07, 6.45) is 16.4. The molecule has 3 aliphatic rings. The molecule has 380 valence electrons. The fraction of sp³-hybridized carbons (Fsp3) is 0.377. The monoisotopic (exact) mass is 1040 g/mol. The molecule has 10 rings (SSSR count). The Kier molecular flexibility index (Phi) is 19.6. The van der Waals surface area contributed by atoms with Crippen LogP contribution in [0.2, 0.25) is 15.1 Å². The number of nitrogens with one attached hydrogen (secondary N) is 3. The van der Waals surface area contributed by atoms with Crippen molar-refractivity contribution in [3.8, 4) is 11.4 Å². The predicted octanol–water partition coefficient (Wildman–Crippen LogP) is 12.5. The maximum Gasteiger partial charge on any atom is 0.339 e. The third kappa shape index (κ3) is 15.5. The van der Waals surface area contributed by atoms with Crippen LogP contribution in [-0.2, 0) is 0 Å². The van der Waals surface area contributed by atoms with Gasteiger partial charge in [-0.1, -0.05) is 76.3 Å². The second kappa shape index (κ2) is 25.8. The predicted molar refractivity (Wildman–Crippen MR) is 289 cm³/mol. The lowest BCUT2D eigenvalue weighted by molar-refractivity contribution is 0.0693. The van der Waals surface area contributed by atoms with E-state index in [2.05, 4.69) is 64.3 Å². The van der Waals surface area contributed by atoms with Crippen molar-refractivity contribution in [2.75, 3.05) is 28.3 Å². The molecular weight excluding hydrogens is 975 g/mol. The number of benzene rings is 3. The number of hydrogen-bond acceptors (Lipinski definition) is 13. The average Bonchev–Trinajstić information content (AvgIpc) is 4.25. The van der Waals surface area contributed by atoms with Gasteiger partial charge < -0.3 is 36.5 Å². The molecular formula is C53H63Cl3N12O4. The molecule has 3 aromatic carbocycles. The topological polar surface area (TPSA) is 232 Å². The van der Waals surface area contributed by atoms with E-state index in [0.29, 0.717) is 46.0 Å². The summed E-state index contributed by atoms with van der Waals surface area (Å²) in [6.45, 7) is 14.0. The van der Waals surface area contributed by atoms with Gasteiger partial charge in [-0.2, -0.15) is 0 Å². The smallest absolute Gasteiger partial charge is 0.339 e. The maximum absolute atomic E-state index is 12.6. The molecule has 4 aromatic heterocycles. The van der Waals surface area contributed by atoms with E-state index in [1.54, 1.807) is 31.6 Å². The zero-order chi connectivity index (χ0) is 52.1. The summed E-state index contributed by atoms with van der Waals surface area (Å²) < 4.78 is 2.31. The van der Waals surface area contributed by atoms with Crippen LogP contribution in [0.1, 0.15) is 149 Å². The van der Waals surface area contributed by atoms with Gasteiger partial charge in [0.2, 0.25) is 0 Å². The second-order valence-electron chi connectivity index (χ2n) is 18.4. The van der Waals surface area contributed by atoms with E-state index in [1.165, 1.54) is 44.5 Å². The Morgan fingerprint density at radius 1 is 0.667 bits per heavy atom. The van der Waals surface area contributed by atoms with Crippen molar-refractivity contribution in [2.45, 2.75) is 123 Å². The van der Waals surface area contributed by atoms with Crippen molar-refractivity contribution < 1.29 is 19.8 Å². The SMILES string of the molecule is CC(C)c1ncncc1-c1nc2ccc(Cl)cc2n1C1CC1.CC(C)c1ncncc1C(=O)Nc1ccc(Cl)cc1NC1CC1.CC(C)c1ncncc1C(=O)O.CCO.Nc1ccc(Cl)cc1NC1CC1. The highest BCUT2D eigenvalue weighted by molar-refractivity contribution is 6.31. The molecule has 0 spiro atoms. The molecule has 7 N–H and O–H groups in total. The highest BCUT2D eigenvalue weighted by Gasteiger charge is 2.30. The first-order chi connectivity index (χ1) is 34.5. The fourth-order valence-corrected chi connectivity index (χ4v) is 7.86. The Hall–Kier alpha value is -6.46. The summed E-state index contributed by atoms with van der Waals surface area (Å²) in [7, 11) is 0. The van der Waals surface area contributed by atoms with Gasteiger partial charge in [-0.25, -0.2) is 39.7 Å². The number of aromatic nitrogens is 8. The first kappa shape index (κ1) is 54.9. The number of anilines is 4. The number of imidazole rings is 1. The van der Waals surface area contributed by atoms with E-state index in [9.17, 15) is 9.59 Å². The molecule has 3 fully saturated rings. The van der Waals surface area contributed by atoms with Crippen molar-refractivity contribution >= 4 is 80.5 Å². The molecule has 1 amide bonds. The highest BCUT2D eigenvalue weighted by Crippen LogP contribution is 2.42. The van der Waals surface area contributed by atoms with Gasteiger partial charge in [-0.15, -0.1) is 0 Å². The first-order valence-corrected chi connectivity index (χ1v) is 25.2. The molecule has 4 heterocycles. The number of aliphatic hydroxyl groups excluding tert-OH is 1. The van der Waals surface area contributed by atoms with Crippen molar-refractivity contribution in [3.05, 3.63) is 135 Å². The highest BCUT2D eigenvalue weighted by atomic mass is 35.5. The minimum atomic E-state index is -0.973. The van der Waals surface area contributed by atoms with Gasteiger partial charge in [-0.05, 0) is 118 Å². The normalized spacial score (nSPS) is 13.6. The number of amides is 1. The standard InChI is InChI=1S/C17H19ClN4O.C17H17ClN4.C9H11ClN2.C8H10N2O2.C2H6O/c1-10(2)16-13(8-19-9-20-16)17(23)22-14-6-3-11(18)7-15(14)21-12-4-5-12;1-10(2)16-13(8-19-9-20-16)17-21-14-6-3-11(18)7-15(14)22(17)12-4-5-12;10-6-1-4-8(11)9(5-6)12-7-2-3-7;1-5(2)7-6(8(11)12)3-9-4-10-7;1-2-3/h3,6-10,12,21H,4-5H2,1-2H3,(H,22,23);3,6-10,12H,4-5H2,1-2H3;1,4-5,7,12H,2-3,11H2;3-5H,1-2H3,(H,11,12);3H,2H2,1H3. The summed E-state index contributed by atoms with van der Waals surface area (Å²) in [5.74, 6) is 0.361. The van der Waals surface area contributed by atoms with Gasteiger partial charge in [0.05, 0.1) is 67.6 Å². The zero-order valence-corrected chi connectivity index (χ0v) is 43.8. The van der Waals surface area contributed by atoms with Crippen LogP contribution in [0.25, 0.3) is 22.4 Å². The number of nitrogens with two attached hydrogens (primary N) is 1. The number of nitrogens with zero attached hydrogens (tertiary/aromatic N) is 8. The Balaban J connectivity index is 0.000000160. The number of aliphatic hydroxyl groups is 1. The number of halogens is 3. The molecule has 7 aromatic rings. The number of fused-ring (bicyclic) bond motifs is 1. The van der Waals surface area contributed by atoms with Crippen molar-refractivity contribution in [1.29, 1.82) is 0 Å². The number of hydrogen-bond donors (Lipinski definition) is 6. The van der Waals surface area contributed by atoms with Gasteiger partial charge in [0.15, 0.2) is 0 Å². The minimum absolute atomic E-state index is 0.110. The number of carboxylic acids is 1. The minimum Gasteiger partial charge on any atom is -0.478 e. The number of nitrogen functional groups attached to an aromatic ring is 1. The molecule has 16 nitrogen and oxygen atoms in total. The molecule has 0 saturated heterocycles. The van der Waals surface area contributed by atoms with Crippen LogP contribution in [0.5, 0.6) is 0 Å². The summed E-state index contributed by atoms with van der Waals surface area (Å²) in [6, 6.07) is 18.4. The van der Waals surface area contributed by atoms with Crippen LogP contribution in [0.4, 0.5) is 22.7 Å². The Bertz CT molecular complexity index is 2940. The Morgan fingerprint density at radius 3 is 1.69 bits per heavy atom. The van der Waals surface area contributed by atoms with Crippen LogP contribution in [-0.4, -0.2) is 80.2 Å². The number of carbonyl (C=O) groups is 2. The number of carbonyl (C=O) groups excluding carboxylic acids is 1. The number of aromatic carboxylic acids is 1. The molecule has 3 aliphatic carbocycles. The van der Waals surface area contributed by atoms with E-state index >= 15 is 0 Å². The van der Waals surface area contributed by atoms with Crippen molar-refractivity contribution in [1.82, 2.24) is 39.5 Å². The van der Waals surface area contributed by atoms with Gasteiger partial charge in [0.25, 0.3) is 5.91 Å². The first-order valence-electron chi connectivity index (χ1n) is 24.1. The fourth-order valence-electron chi connectivity index (χ4n) is 7.35. The summed E-state index contributed by atoms with van der Waals surface area (Å²) in [4.78, 5) is 52.6. The van der Waals surface area contributed by atoms with E-state index in [4.69, 9.17) is 55.7 Å². The third-order valence-electron chi connectivity index (χ3n) is 11.3. The van der Waals surface area contributed by atoms with Gasteiger partial charge in [0, 0.05) is 58.4 Å². The molecule has 0 bridgehead atoms. The summed E-state index contributed by atoms with van der Waals surface area (Å²) in [5, 5.41) is 28.1. The lowest BCUT2D eigenvalue weighted by Gasteiger charge is -2.15. The van der Waals surface area contributed by atoms with E-state index in [0.717, 1.165) is 73.8 Å². The molecule has 0 radical (unpaired) electrons. The van der Waals surface area contributed by atoms with Crippen LogP contribution in [0.15, 0.2) is 92.2 Å². The number of rotatable bonds is 12. The average molecular weight is 1040 g/mol. The van der Waals surface area contributed by atoms with Crippen LogP contribution < -0.4 is 21.7 Å². The molecule has 3 saturated carbocycles. The van der Waals surface area contributed by atoms with Crippen LogP contribution >= 0.6 is 34.8 Å². The molecule has 72 heavy (non-hydrogen) atoms. The molecule has 0 aliphatic heterocycles. The summed E-state index contributed by atoms with van der Waals surface area (Å²) in [5.41, 5.74) is 15.2. The molecule has 19 heteroatoms. The number of carboxylic acid groups (broad SMARTS) is 1. The van der Waals surface area contributed by atoms with Crippen molar-refractivity contribution in [2.24, 2.45) is 0 Å². The molecule has 0 atom stereocenters. The van der Waals surface area contributed by atoms with Gasteiger partial charge in [0.1, 0.15) is 24.8 Å². The quantitative estimate of drug-likeness (QED) is 0.0625. The van der Waals surface area contributed by atoms with E-state index in [1.807, 2.05) is 76.4 Å².